The maximum atomic E-state index is 13.0. The molecule has 0 aliphatic carbocycles. The number of aromatic nitrogens is 4. The number of carbonyl (C=O) groups excluding carboxylic acids is 1. The molecule has 7 rings (SSSR count). The summed E-state index contributed by atoms with van der Waals surface area (Å²) < 4.78 is 1.76. The molecule has 0 unspecified atom stereocenters. The summed E-state index contributed by atoms with van der Waals surface area (Å²) in [5, 5.41) is 15.4. The van der Waals surface area contributed by atoms with Gasteiger partial charge in [0.15, 0.2) is 5.65 Å². The van der Waals surface area contributed by atoms with Gasteiger partial charge in [-0.05, 0) is 61.7 Å². The number of nitrogens with zero attached hydrogens (tertiary/aromatic N) is 4. The van der Waals surface area contributed by atoms with Crippen LogP contribution in [-0.4, -0.2) is 43.5 Å². The smallest absolute Gasteiger partial charge is 0.259 e. The van der Waals surface area contributed by atoms with E-state index in [1.165, 1.54) is 19.3 Å². The largest absolute Gasteiger partial charge is 0.494 e. The van der Waals surface area contributed by atoms with E-state index in [1.54, 1.807) is 22.9 Å². The van der Waals surface area contributed by atoms with Crippen LogP contribution in [0.15, 0.2) is 59.7 Å². The average molecular weight is 479 g/mol. The van der Waals surface area contributed by atoms with E-state index in [4.69, 9.17) is 4.98 Å². The number of pyridine rings is 1. The Labute approximate surface area is 204 Å². The molecule has 2 aromatic carbocycles. The zero-order valence-electron chi connectivity index (χ0n) is 19.3. The number of benzene rings is 2. The van der Waals surface area contributed by atoms with Crippen LogP contribution in [0.2, 0.25) is 0 Å². The molecule has 0 spiro atoms. The van der Waals surface area contributed by atoms with E-state index < -0.39 is 5.56 Å². The Morgan fingerprint density at radius 3 is 2.58 bits per heavy atom. The molecule has 178 valence electrons. The molecule has 3 N–H and O–H groups in total. The molecular formula is C27H22N6O3. The van der Waals surface area contributed by atoms with Gasteiger partial charge in [-0.1, -0.05) is 0 Å². The summed E-state index contributed by atoms with van der Waals surface area (Å²) in [6, 6.07) is 13.1. The van der Waals surface area contributed by atoms with Crippen molar-refractivity contribution in [2.45, 2.75) is 19.3 Å². The highest BCUT2D eigenvalue weighted by atomic mass is 16.3. The number of fused-ring (bicyclic) bond motifs is 8. The van der Waals surface area contributed by atoms with Crippen molar-refractivity contribution in [2.24, 2.45) is 0 Å². The molecule has 1 aliphatic rings. The van der Waals surface area contributed by atoms with Crippen LogP contribution >= 0.6 is 0 Å². The topological polar surface area (TPSA) is 116 Å². The van der Waals surface area contributed by atoms with Gasteiger partial charge in [0.25, 0.3) is 11.5 Å². The fourth-order valence-electron chi connectivity index (χ4n) is 5.38. The van der Waals surface area contributed by atoms with Crippen LogP contribution in [0.25, 0.3) is 38.4 Å². The van der Waals surface area contributed by atoms with Crippen molar-refractivity contribution in [3.05, 3.63) is 70.8 Å². The van der Waals surface area contributed by atoms with Crippen molar-refractivity contribution in [3.8, 4) is 5.88 Å². The third kappa shape index (κ3) is 3.02. The van der Waals surface area contributed by atoms with Gasteiger partial charge in [-0.3, -0.25) is 19.0 Å². The number of aromatic amines is 1. The number of anilines is 2. The average Bonchev–Trinajstić information content (AvgIpc) is 3.60. The first-order valence-electron chi connectivity index (χ1n) is 12.0. The number of H-pyrrole nitrogens is 1. The third-order valence-corrected chi connectivity index (χ3v) is 7.11. The second-order valence-electron chi connectivity index (χ2n) is 9.26. The van der Waals surface area contributed by atoms with Gasteiger partial charge in [0, 0.05) is 53.2 Å². The third-order valence-electron chi connectivity index (χ3n) is 7.11. The number of amides is 1. The molecule has 0 bridgehead atoms. The van der Waals surface area contributed by atoms with Crippen LogP contribution in [-0.2, 0) is 0 Å². The van der Waals surface area contributed by atoms with Crippen LogP contribution in [0.1, 0.15) is 29.6 Å². The highest BCUT2D eigenvalue weighted by Crippen LogP contribution is 2.36. The summed E-state index contributed by atoms with van der Waals surface area (Å²) in [5.74, 6) is -0.436. The van der Waals surface area contributed by atoms with Gasteiger partial charge in [0.1, 0.15) is 5.65 Å². The SMILES string of the molecule is O=C(Nc1ccc2nc3c(c2c1)c1c(=O)[nH]c(O)c1c1nccn13)c1ccc(N2CCCCC2)cc1. The van der Waals surface area contributed by atoms with Crippen molar-refractivity contribution in [3.63, 3.8) is 0 Å². The summed E-state index contributed by atoms with van der Waals surface area (Å²) >= 11 is 0. The number of aromatic hydroxyl groups is 1. The van der Waals surface area contributed by atoms with Gasteiger partial charge in [-0.15, -0.1) is 0 Å². The van der Waals surface area contributed by atoms with E-state index in [-0.39, 0.29) is 11.8 Å². The summed E-state index contributed by atoms with van der Waals surface area (Å²) in [6.07, 6.45) is 7.02. The minimum atomic E-state index is -0.407. The summed E-state index contributed by atoms with van der Waals surface area (Å²) in [5.41, 5.74) is 3.59. The Hall–Kier alpha value is -4.66. The van der Waals surface area contributed by atoms with Gasteiger partial charge >= 0.3 is 0 Å². The van der Waals surface area contributed by atoms with Crippen LogP contribution in [0, 0.1) is 0 Å². The lowest BCUT2D eigenvalue weighted by molar-refractivity contribution is 0.102. The molecule has 0 saturated carbocycles. The highest BCUT2D eigenvalue weighted by molar-refractivity contribution is 6.23. The van der Waals surface area contributed by atoms with E-state index >= 15 is 0 Å². The van der Waals surface area contributed by atoms with Gasteiger partial charge in [0.05, 0.1) is 16.3 Å². The first-order valence-corrected chi connectivity index (χ1v) is 12.0. The normalized spacial score (nSPS) is 14.4. The monoisotopic (exact) mass is 478 g/mol. The van der Waals surface area contributed by atoms with Crippen LogP contribution in [0.4, 0.5) is 11.4 Å². The minimum Gasteiger partial charge on any atom is -0.494 e. The first kappa shape index (κ1) is 20.7. The van der Waals surface area contributed by atoms with Gasteiger partial charge in [-0.2, -0.15) is 0 Å². The molecule has 1 fully saturated rings. The van der Waals surface area contributed by atoms with Crippen molar-refractivity contribution < 1.29 is 9.90 Å². The quantitative estimate of drug-likeness (QED) is 0.350. The van der Waals surface area contributed by atoms with Crippen molar-refractivity contribution in [1.29, 1.82) is 0 Å². The standard InChI is InChI=1S/C27H22N6O3/c34-25(15-4-7-17(8-5-15)32-11-2-1-3-12-32)29-16-6-9-19-18(14-16)20-21-22(27(36)31-26(21)35)23-28-10-13-33(23)24(20)30-19/h4-10,13-14,36H,1-3,11-12H2,(H,29,34)(H,31,35). The molecule has 0 radical (unpaired) electrons. The fourth-order valence-corrected chi connectivity index (χ4v) is 5.38. The summed E-state index contributed by atoms with van der Waals surface area (Å²) in [4.78, 5) is 39.6. The van der Waals surface area contributed by atoms with Crippen molar-refractivity contribution >= 4 is 55.6 Å². The molecule has 9 nitrogen and oxygen atoms in total. The first-order chi connectivity index (χ1) is 17.6. The fraction of sp³-hybridized carbons (Fsp3) is 0.185. The predicted molar refractivity (Wildman–Crippen MR) is 139 cm³/mol. The van der Waals surface area contributed by atoms with E-state index in [0.717, 1.165) is 18.8 Å². The zero-order valence-corrected chi connectivity index (χ0v) is 19.3. The van der Waals surface area contributed by atoms with E-state index in [9.17, 15) is 14.7 Å². The van der Waals surface area contributed by atoms with E-state index in [1.807, 2.05) is 36.4 Å². The van der Waals surface area contributed by atoms with Crippen LogP contribution in [0.5, 0.6) is 5.88 Å². The molecule has 9 heteroatoms. The molecule has 1 amide bonds. The summed E-state index contributed by atoms with van der Waals surface area (Å²) in [7, 11) is 0. The predicted octanol–water partition coefficient (Wildman–Crippen LogP) is 4.26. The second-order valence-corrected chi connectivity index (χ2v) is 9.26. The second kappa shape index (κ2) is 7.67. The molecule has 0 atom stereocenters. The number of imidazole rings is 1. The number of rotatable bonds is 3. The lowest BCUT2D eigenvalue weighted by Crippen LogP contribution is -2.29. The minimum absolute atomic E-state index is 0.214. The Bertz CT molecular complexity index is 1850. The van der Waals surface area contributed by atoms with Crippen LogP contribution < -0.4 is 15.8 Å². The zero-order chi connectivity index (χ0) is 24.4. The molecular weight excluding hydrogens is 456 g/mol. The summed E-state index contributed by atoms with van der Waals surface area (Å²) in [6.45, 7) is 2.10. The van der Waals surface area contributed by atoms with Gasteiger partial charge < -0.3 is 15.3 Å². The maximum Gasteiger partial charge on any atom is 0.259 e. The lowest BCUT2D eigenvalue weighted by atomic mass is 10.1. The Morgan fingerprint density at radius 1 is 0.972 bits per heavy atom. The van der Waals surface area contributed by atoms with E-state index in [0.29, 0.717) is 49.6 Å². The molecule has 36 heavy (non-hydrogen) atoms. The van der Waals surface area contributed by atoms with Gasteiger partial charge in [-0.25, -0.2) is 9.97 Å². The van der Waals surface area contributed by atoms with Crippen molar-refractivity contribution in [2.75, 3.05) is 23.3 Å². The van der Waals surface area contributed by atoms with Gasteiger partial charge in [0.2, 0.25) is 5.88 Å². The van der Waals surface area contributed by atoms with Crippen LogP contribution in [0.3, 0.4) is 0 Å². The Morgan fingerprint density at radius 2 is 1.78 bits per heavy atom. The number of carbonyl (C=O) groups is 1. The number of hydrogen-bond donors (Lipinski definition) is 3. The molecule has 1 saturated heterocycles. The maximum absolute atomic E-state index is 13.0. The molecule has 5 heterocycles. The number of nitrogens with one attached hydrogen (secondary N) is 2. The van der Waals surface area contributed by atoms with E-state index in [2.05, 4.69) is 20.2 Å². The Balaban J connectivity index is 1.28. The lowest BCUT2D eigenvalue weighted by Gasteiger charge is -2.28. The molecule has 1 aliphatic heterocycles. The number of hydrogen-bond acceptors (Lipinski definition) is 6. The number of piperidine rings is 1. The Kier molecular flexibility index (Phi) is 4.41. The molecule has 6 aromatic rings. The molecule has 4 aromatic heterocycles. The highest BCUT2D eigenvalue weighted by Gasteiger charge is 2.22. The van der Waals surface area contributed by atoms with Crippen molar-refractivity contribution in [1.82, 2.24) is 19.4 Å².